The maximum absolute atomic E-state index is 12.9. The lowest BCUT2D eigenvalue weighted by molar-refractivity contribution is -0.385. The second-order valence-corrected chi connectivity index (χ2v) is 7.87. The molecule has 0 amide bonds. The lowest BCUT2D eigenvalue weighted by Gasteiger charge is -2.20. The van der Waals surface area contributed by atoms with Gasteiger partial charge in [-0.3, -0.25) is 15.5 Å². The van der Waals surface area contributed by atoms with Gasteiger partial charge in [0.2, 0.25) is 10.0 Å². The van der Waals surface area contributed by atoms with Crippen molar-refractivity contribution < 1.29 is 13.3 Å². The molecule has 0 aliphatic carbocycles. The molecule has 2 aromatic rings. The highest BCUT2D eigenvalue weighted by atomic mass is 32.2. The molecule has 0 radical (unpaired) electrons. The molecule has 0 aromatic heterocycles. The predicted molar refractivity (Wildman–Crippen MR) is 110 cm³/mol. The average Bonchev–Trinajstić information content (AvgIpc) is 2.66. The Morgan fingerprint density at radius 3 is 2.46 bits per heavy atom. The predicted octanol–water partition coefficient (Wildman–Crippen LogP) is 3.04. The van der Waals surface area contributed by atoms with E-state index in [2.05, 4.69) is 10.5 Å². The highest BCUT2D eigenvalue weighted by molar-refractivity contribution is 7.89. The first-order chi connectivity index (χ1) is 13.2. The summed E-state index contributed by atoms with van der Waals surface area (Å²) in [7, 11) is -3.93. The van der Waals surface area contributed by atoms with Gasteiger partial charge in [0.15, 0.2) is 0 Å². The number of nitro groups is 1. The van der Waals surface area contributed by atoms with Crippen LogP contribution in [0.5, 0.6) is 0 Å². The third-order valence-corrected chi connectivity index (χ3v) is 6.24. The zero-order valence-corrected chi connectivity index (χ0v) is 16.7. The van der Waals surface area contributed by atoms with Crippen LogP contribution in [0.15, 0.2) is 52.5 Å². The summed E-state index contributed by atoms with van der Waals surface area (Å²) in [5.41, 5.74) is 10.3. The van der Waals surface area contributed by atoms with Crippen LogP contribution in [0.2, 0.25) is 0 Å². The van der Waals surface area contributed by atoms with Gasteiger partial charge in [-0.2, -0.15) is 9.41 Å². The molecule has 9 nitrogen and oxygen atoms in total. The number of nitrogens with one attached hydrogen (secondary N) is 1. The molecule has 0 aliphatic heterocycles. The third kappa shape index (κ3) is 4.65. The Balaban J connectivity index is 2.49. The van der Waals surface area contributed by atoms with Crippen molar-refractivity contribution in [3.05, 3.63) is 58.1 Å². The molecule has 0 heterocycles. The van der Waals surface area contributed by atoms with Crippen molar-refractivity contribution in [2.45, 2.75) is 25.7 Å². The van der Waals surface area contributed by atoms with Crippen LogP contribution in [0.3, 0.4) is 0 Å². The number of nitrogen functional groups attached to an aromatic ring is 1. The topological polar surface area (TPSA) is 131 Å². The number of anilines is 2. The second kappa shape index (κ2) is 8.81. The van der Waals surface area contributed by atoms with Crippen molar-refractivity contribution >= 4 is 32.8 Å². The zero-order valence-electron chi connectivity index (χ0n) is 15.9. The minimum absolute atomic E-state index is 0.153. The number of nitro benzene ring substituents is 1. The first-order valence-corrected chi connectivity index (χ1v) is 10.1. The molecule has 0 bridgehead atoms. The summed E-state index contributed by atoms with van der Waals surface area (Å²) in [6.07, 6.45) is 0. The maximum Gasteiger partial charge on any atom is 0.270 e. The largest absolute Gasteiger partial charge is 0.399 e. The van der Waals surface area contributed by atoms with E-state index in [0.717, 1.165) is 11.6 Å². The Hall–Kier alpha value is -2.98. The highest BCUT2D eigenvalue weighted by Crippen LogP contribution is 2.29. The Bertz CT molecular complexity index is 1000. The van der Waals surface area contributed by atoms with Crippen LogP contribution in [0.4, 0.5) is 17.1 Å². The summed E-state index contributed by atoms with van der Waals surface area (Å²) in [5, 5.41) is 15.3. The van der Waals surface area contributed by atoms with Crippen LogP contribution in [-0.4, -0.2) is 36.4 Å². The Kier molecular flexibility index (Phi) is 6.71. The normalized spacial score (nSPS) is 12.2. The molecule has 0 spiro atoms. The lowest BCUT2D eigenvalue weighted by atomic mass is 10.1. The highest BCUT2D eigenvalue weighted by Gasteiger charge is 2.27. The number of sulfonamides is 1. The van der Waals surface area contributed by atoms with Crippen molar-refractivity contribution in [1.29, 1.82) is 0 Å². The molecule has 0 saturated heterocycles. The van der Waals surface area contributed by atoms with E-state index in [1.807, 2.05) is 6.07 Å². The molecule has 0 unspecified atom stereocenters. The lowest BCUT2D eigenvalue weighted by Crippen LogP contribution is -2.31. The molecule has 0 fully saturated rings. The number of hydrogen-bond donors (Lipinski definition) is 2. The minimum Gasteiger partial charge on any atom is -0.399 e. The van der Waals surface area contributed by atoms with E-state index in [1.54, 1.807) is 39.0 Å². The first kappa shape index (κ1) is 21.3. The number of rotatable bonds is 8. The molecule has 2 rings (SSSR count). The molecule has 3 N–H and O–H groups in total. The van der Waals surface area contributed by atoms with E-state index < -0.39 is 14.9 Å². The first-order valence-electron chi connectivity index (χ1n) is 8.65. The maximum atomic E-state index is 12.9. The van der Waals surface area contributed by atoms with Gasteiger partial charge in [-0.1, -0.05) is 26.0 Å². The minimum atomic E-state index is -3.93. The van der Waals surface area contributed by atoms with Crippen LogP contribution in [-0.2, 0) is 10.0 Å². The Morgan fingerprint density at radius 1 is 1.21 bits per heavy atom. The van der Waals surface area contributed by atoms with Crippen molar-refractivity contribution in [2.75, 3.05) is 24.2 Å². The average molecular weight is 405 g/mol. The fraction of sp³-hybridized carbons (Fsp3) is 0.278. The monoisotopic (exact) mass is 405 g/mol. The molecule has 0 saturated carbocycles. The molecule has 0 atom stereocenters. The van der Waals surface area contributed by atoms with E-state index in [4.69, 9.17) is 5.73 Å². The summed E-state index contributed by atoms with van der Waals surface area (Å²) in [6, 6.07) is 10.7. The summed E-state index contributed by atoms with van der Waals surface area (Å²) < 4.78 is 27.1. The van der Waals surface area contributed by atoms with Gasteiger partial charge in [-0.25, -0.2) is 8.42 Å². The molecule has 10 heteroatoms. The number of hydrogen-bond acceptors (Lipinski definition) is 7. The van der Waals surface area contributed by atoms with Gasteiger partial charge in [0.1, 0.15) is 4.90 Å². The number of non-ortho nitro benzene ring substituents is 1. The van der Waals surface area contributed by atoms with E-state index >= 15 is 0 Å². The van der Waals surface area contributed by atoms with Gasteiger partial charge in [-0.05, 0) is 30.7 Å². The Labute approximate surface area is 164 Å². The van der Waals surface area contributed by atoms with Crippen molar-refractivity contribution in [3.8, 4) is 0 Å². The number of benzene rings is 2. The number of hydrazone groups is 1. The standard InChI is InChI=1S/C18H23N5O4S/c1-4-22(5-2)28(26,27)18-12-16(23(24)25)9-10-17(18)21-20-13(3)14-7-6-8-15(19)11-14/h6-12,21H,4-5,19H2,1-3H3/b20-13+. The SMILES string of the molecule is CCN(CC)S(=O)(=O)c1cc([N+](=O)[O-])ccc1N/N=C(\C)c1cccc(N)c1. The summed E-state index contributed by atoms with van der Waals surface area (Å²) in [6.45, 7) is 5.63. The molecular formula is C18H23N5O4S. The van der Waals surface area contributed by atoms with Gasteiger partial charge < -0.3 is 5.73 Å². The van der Waals surface area contributed by atoms with Gasteiger partial charge >= 0.3 is 0 Å². The van der Waals surface area contributed by atoms with E-state index in [0.29, 0.717) is 11.4 Å². The van der Waals surface area contributed by atoms with Crippen molar-refractivity contribution in [2.24, 2.45) is 5.10 Å². The fourth-order valence-corrected chi connectivity index (χ4v) is 4.22. The second-order valence-electron chi connectivity index (χ2n) is 5.96. The molecular weight excluding hydrogens is 382 g/mol. The Morgan fingerprint density at radius 2 is 1.89 bits per heavy atom. The van der Waals surface area contributed by atoms with Crippen LogP contribution in [0.25, 0.3) is 0 Å². The van der Waals surface area contributed by atoms with Gasteiger partial charge in [-0.15, -0.1) is 0 Å². The molecule has 28 heavy (non-hydrogen) atoms. The zero-order chi connectivity index (χ0) is 20.9. The van der Waals surface area contributed by atoms with E-state index in [1.165, 1.54) is 16.4 Å². The summed E-state index contributed by atoms with van der Waals surface area (Å²) in [5.74, 6) is 0. The van der Waals surface area contributed by atoms with E-state index in [9.17, 15) is 18.5 Å². The van der Waals surface area contributed by atoms with Crippen LogP contribution < -0.4 is 11.2 Å². The summed E-state index contributed by atoms with van der Waals surface area (Å²) in [4.78, 5) is 10.3. The number of nitrogens with zero attached hydrogens (tertiary/aromatic N) is 3. The number of nitrogens with two attached hydrogens (primary N) is 1. The molecule has 150 valence electrons. The van der Waals surface area contributed by atoms with Crippen LogP contribution in [0.1, 0.15) is 26.3 Å². The van der Waals surface area contributed by atoms with E-state index in [-0.39, 0.29) is 29.4 Å². The van der Waals surface area contributed by atoms with Crippen molar-refractivity contribution in [1.82, 2.24) is 4.31 Å². The van der Waals surface area contributed by atoms with Crippen LogP contribution in [0, 0.1) is 10.1 Å². The van der Waals surface area contributed by atoms with Crippen molar-refractivity contribution in [3.63, 3.8) is 0 Å². The third-order valence-electron chi connectivity index (χ3n) is 4.15. The fourth-order valence-electron chi connectivity index (χ4n) is 2.61. The smallest absolute Gasteiger partial charge is 0.270 e. The summed E-state index contributed by atoms with van der Waals surface area (Å²) >= 11 is 0. The van der Waals surface area contributed by atoms with Gasteiger partial charge in [0.25, 0.3) is 5.69 Å². The van der Waals surface area contributed by atoms with Gasteiger partial charge in [0.05, 0.1) is 16.3 Å². The van der Waals surface area contributed by atoms with Crippen LogP contribution >= 0.6 is 0 Å². The van der Waals surface area contributed by atoms with Gasteiger partial charge in [0, 0.05) is 30.9 Å². The molecule has 0 aliphatic rings. The molecule has 2 aromatic carbocycles. The quantitative estimate of drug-likeness (QED) is 0.300.